The van der Waals surface area contributed by atoms with Crippen molar-refractivity contribution in [1.29, 1.82) is 0 Å². The summed E-state index contributed by atoms with van der Waals surface area (Å²) < 4.78 is 5.22. The topological polar surface area (TPSA) is 120 Å². The van der Waals surface area contributed by atoms with E-state index >= 15 is 0 Å². The van der Waals surface area contributed by atoms with Crippen molar-refractivity contribution >= 4 is 11.8 Å². The second-order valence-electron chi connectivity index (χ2n) is 6.53. The van der Waals surface area contributed by atoms with Crippen LogP contribution in [0.15, 0.2) is 29.1 Å². The van der Waals surface area contributed by atoms with Crippen LogP contribution in [0.4, 0.5) is 0 Å². The number of likely N-dealkylation sites (tertiary alicyclic amines) is 1. The number of carbonyl (C=O) groups excluding carboxylic acids is 2. The first kappa shape index (κ1) is 18.7. The van der Waals surface area contributed by atoms with Gasteiger partial charge < -0.3 is 15.0 Å². The molecular weight excluding hydrogens is 350 g/mol. The molecule has 2 amide bonds. The number of H-pyrrole nitrogens is 2. The van der Waals surface area contributed by atoms with Crippen molar-refractivity contribution in [3.05, 3.63) is 46.1 Å². The Kier molecular flexibility index (Phi) is 5.90. The number of ether oxygens (including phenoxy) is 1. The largest absolute Gasteiger partial charge is 0.497 e. The Morgan fingerprint density at radius 2 is 2.26 bits per heavy atom. The number of nitrogens with one attached hydrogen (secondary N) is 3. The number of rotatable bonds is 7. The molecule has 0 spiro atoms. The second kappa shape index (κ2) is 8.52. The maximum Gasteiger partial charge on any atom is 0.340 e. The van der Waals surface area contributed by atoms with E-state index in [9.17, 15) is 14.4 Å². The number of amides is 2. The number of aromatic amines is 2. The lowest BCUT2D eigenvalue weighted by atomic mass is 9.96. The van der Waals surface area contributed by atoms with Crippen LogP contribution in [0.25, 0.3) is 0 Å². The molecule has 1 atom stereocenters. The zero-order valence-electron chi connectivity index (χ0n) is 15.2. The zero-order chi connectivity index (χ0) is 19.2. The van der Waals surface area contributed by atoms with E-state index in [4.69, 9.17) is 4.74 Å². The van der Waals surface area contributed by atoms with Gasteiger partial charge in [-0.3, -0.25) is 14.6 Å². The molecule has 0 aliphatic carbocycles. The van der Waals surface area contributed by atoms with Crippen LogP contribution in [-0.2, 0) is 22.6 Å². The van der Waals surface area contributed by atoms with E-state index < -0.39 is 0 Å². The molecule has 0 bridgehead atoms. The van der Waals surface area contributed by atoms with E-state index in [1.165, 1.54) is 0 Å². The molecule has 0 saturated carbocycles. The van der Waals surface area contributed by atoms with Crippen LogP contribution in [0, 0.1) is 5.92 Å². The van der Waals surface area contributed by atoms with Crippen LogP contribution in [0.1, 0.15) is 24.2 Å². The van der Waals surface area contributed by atoms with E-state index in [2.05, 4.69) is 20.5 Å². The molecule has 3 rings (SSSR count). The van der Waals surface area contributed by atoms with Crippen LogP contribution < -0.4 is 15.7 Å². The van der Waals surface area contributed by atoms with Crippen molar-refractivity contribution in [1.82, 2.24) is 25.4 Å². The van der Waals surface area contributed by atoms with E-state index in [0.717, 1.165) is 11.3 Å². The number of hydrogen-bond acceptors (Lipinski definition) is 5. The van der Waals surface area contributed by atoms with Gasteiger partial charge in [0.2, 0.25) is 11.8 Å². The molecule has 1 aromatic heterocycles. The third-order valence-corrected chi connectivity index (χ3v) is 4.59. The van der Waals surface area contributed by atoms with Gasteiger partial charge in [0, 0.05) is 32.5 Å². The molecule has 1 aliphatic rings. The highest BCUT2D eigenvalue weighted by Gasteiger charge is 2.30. The van der Waals surface area contributed by atoms with Gasteiger partial charge in [0.25, 0.3) is 0 Å². The molecule has 27 heavy (non-hydrogen) atoms. The van der Waals surface area contributed by atoms with Crippen molar-refractivity contribution in [2.75, 3.05) is 20.2 Å². The smallest absolute Gasteiger partial charge is 0.340 e. The van der Waals surface area contributed by atoms with E-state index in [0.29, 0.717) is 44.7 Å². The predicted molar refractivity (Wildman–Crippen MR) is 97.1 cm³/mol. The highest BCUT2D eigenvalue weighted by molar-refractivity contribution is 5.83. The normalized spacial score (nSPS) is 17.0. The maximum atomic E-state index is 12.4. The number of methoxy groups -OCH3 is 1. The fourth-order valence-corrected chi connectivity index (χ4v) is 3.14. The summed E-state index contributed by atoms with van der Waals surface area (Å²) in [6, 6.07) is 7.56. The van der Waals surface area contributed by atoms with Crippen molar-refractivity contribution < 1.29 is 14.3 Å². The summed E-state index contributed by atoms with van der Waals surface area (Å²) in [5.41, 5.74) is 0.599. The lowest BCUT2D eigenvalue weighted by Crippen LogP contribution is -2.45. The molecule has 3 N–H and O–H groups in total. The maximum absolute atomic E-state index is 12.4. The SMILES string of the molecule is COc1cccc(CN2C[C@H](C(=O)NCCc3n[nH]c(=O)[nH]3)CCC2=O)c1. The number of nitrogens with zero attached hydrogens (tertiary/aromatic N) is 2. The first-order chi connectivity index (χ1) is 13.0. The Balaban J connectivity index is 1.53. The van der Waals surface area contributed by atoms with Crippen LogP contribution in [0.2, 0.25) is 0 Å². The summed E-state index contributed by atoms with van der Waals surface area (Å²) in [6.07, 6.45) is 1.33. The number of benzene rings is 1. The molecular formula is C18H23N5O4. The minimum Gasteiger partial charge on any atom is -0.497 e. The highest BCUT2D eigenvalue weighted by Crippen LogP contribution is 2.21. The highest BCUT2D eigenvalue weighted by atomic mass is 16.5. The van der Waals surface area contributed by atoms with Crippen molar-refractivity contribution in [3.8, 4) is 5.75 Å². The molecule has 1 aliphatic heterocycles. The molecule has 2 heterocycles. The molecule has 0 unspecified atom stereocenters. The lowest BCUT2D eigenvalue weighted by molar-refractivity contribution is -0.138. The Labute approximate surface area is 156 Å². The van der Waals surface area contributed by atoms with E-state index in [-0.39, 0.29) is 23.4 Å². The Bertz CT molecular complexity index is 859. The number of carbonyl (C=O) groups is 2. The van der Waals surface area contributed by atoms with Gasteiger partial charge in [-0.1, -0.05) is 12.1 Å². The third kappa shape index (κ3) is 4.96. The third-order valence-electron chi connectivity index (χ3n) is 4.59. The van der Waals surface area contributed by atoms with Gasteiger partial charge in [-0.15, -0.1) is 0 Å². The first-order valence-corrected chi connectivity index (χ1v) is 8.87. The molecule has 9 nitrogen and oxygen atoms in total. The molecule has 9 heteroatoms. The fraction of sp³-hybridized carbons (Fsp3) is 0.444. The molecule has 144 valence electrons. The zero-order valence-corrected chi connectivity index (χ0v) is 15.2. The standard InChI is InChI=1S/C18H23N5O4/c1-27-14-4-2-3-12(9-14)10-23-11-13(5-6-16(23)24)17(25)19-8-7-15-20-18(26)22-21-15/h2-4,9,13H,5-8,10-11H2,1H3,(H,19,25)(H2,20,21,22,26)/t13-/m1/s1. The Morgan fingerprint density at radius 1 is 1.41 bits per heavy atom. The predicted octanol–water partition coefficient (Wildman–Crippen LogP) is 0.204. The summed E-state index contributed by atoms with van der Waals surface area (Å²) in [7, 11) is 1.60. The lowest BCUT2D eigenvalue weighted by Gasteiger charge is -2.32. The molecule has 1 saturated heterocycles. The van der Waals surface area contributed by atoms with E-state index in [1.807, 2.05) is 24.3 Å². The summed E-state index contributed by atoms with van der Waals surface area (Å²) in [6.45, 7) is 1.22. The molecule has 1 aromatic carbocycles. The quantitative estimate of drug-likeness (QED) is 0.641. The summed E-state index contributed by atoms with van der Waals surface area (Å²) >= 11 is 0. The van der Waals surface area contributed by atoms with Crippen LogP contribution in [0.5, 0.6) is 5.75 Å². The van der Waals surface area contributed by atoms with Gasteiger partial charge in [-0.05, 0) is 24.1 Å². The summed E-state index contributed by atoms with van der Waals surface area (Å²) in [5.74, 6) is 0.958. The van der Waals surface area contributed by atoms with Crippen molar-refractivity contribution in [2.45, 2.75) is 25.8 Å². The number of aromatic nitrogens is 3. The molecule has 1 fully saturated rings. The summed E-state index contributed by atoms with van der Waals surface area (Å²) in [5, 5.41) is 8.94. The van der Waals surface area contributed by atoms with Crippen LogP contribution in [-0.4, -0.2) is 52.1 Å². The van der Waals surface area contributed by atoms with Crippen LogP contribution >= 0.6 is 0 Å². The van der Waals surface area contributed by atoms with Gasteiger partial charge in [-0.25, -0.2) is 9.89 Å². The van der Waals surface area contributed by atoms with Gasteiger partial charge in [0.05, 0.1) is 13.0 Å². The number of hydrogen-bond donors (Lipinski definition) is 3. The fourth-order valence-electron chi connectivity index (χ4n) is 3.14. The van der Waals surface area contributed by atoms with Gasteiger partial charge in [-0.2, -0.15) is 5.10 Å². The van der Waals surface area contributed by atoms with Crippen molar-refractivity contribution in [2.24, 2.45) is 5.92 Å². The van der Waals surface area contributed by atoms with Gasteiger partial charge in [0.15, 0.2) is 0 Å². The minimum atomic E-state index is -0.365. The average molecular weight is 373 g/mol. The Hall–Kier alpha value is -3.10. The van der Waals surface area contributed by atoms with Gasteiger partial charge >= 0.3 is 5.69 Å². The second-order valence-corrected chi connectivity index (χ2v) is 6.53. The minimum absolute atomic E-state index is 0.0518. The van der Waals surface area contributed by atoms with Gasteiger partial charge in [0.1, 0.15) is 11.6 Å². The van der Waals surface area contributed by atoms with Crippen molar-refractivity contribution in [3.63, 3.8) is 0 Å². The molecule has 2 aromatic rings. The molecule has 0 radical (unpaired) electrons. The first-order valence-electron chi connectivity index (χ1n) is 8.87. The summed E-state index contributed by atoms with van der Waals surface area (Å²) in [4.78, 5) is 39.9. The Morgan fingerprint density at radius 3 is 3.00 bits per heavy atom. The van der Waals surface area contributed by atoms with E-state index in [1.54, 1.807) is 12.0 Å². The average Bonchev–Trinajstić information content (AvgIpc) is 3.08. The van der Waals surface area contributed by atoms with Crippen LogP contribution in [0.3, 0.4) is 0 Å². The number of piperidine rings is 1. The monoisotopic (exact) mass is 373 g/mol.